The zero-order valence-corrected chi connectivity index (χ0v) is 22.3. The molecular weight excluding hydrogens is 486 g/mol. The maximum atomic E-state index is 13.5. The number of carbonyl (C=O) groups excluding carboxylic acids is 2. The molecule has 196 valence electrons. The van der Waals surface area contributed by atoms with E-state index in [9.17, 15) is 18.0 Å². The third kappa shape index (κ3) is 5.64. The van der Waals surface area contributed by atoms with Gasteiger partial charge < -0.3 is 10.2 Å². The predicted molar refractivity (Wildman–Crippen MR) is 147 cm³/mol. The van der Waals surface area contributed by atoms with E-state index in [-0.39, 0.29) is 24.8 Å². The van der Waals surface area contributed by atoms with Crippen molar-refractivity contribution in [2.24, 2.45) is 0 Å². The summed E-state index contributed by atoms with van der Waals surface area (Å²) in [5.41, 5.74) is 1.60. The smallest absolute Gasteiger partial charge is 0.265 e. The molecule has 1 aliphatic rings. The number of nitrogens with one attached hydrogen (secondary N) is 1. The first-order valence-corrected chi connectivity index (χ1v) is 14.5. The van der Waals surface area contributed by atoms with Gasteiger partial charge in [-0.3, -0.25) is 13.9 Å². The van der Waals surface area contributed by atoms with Crippen molar-refractivity contribution in [1.29, 1.82) is 0 Å². The first-order valence-electron chi connectivity index (χ1n) is 13.0. The molecule has 1 heterocycles. The SMILES string of the molecule is CCCCNC(=O)C(CC)N(Cc1ccccc1)C(=O)CCCN1c2cccc3cccc(c23)S1(=O)=O. The van der Waals surface area contributed by atoms with Crippen molar-refractivity contribution < 1.29 is 18.0 Å². The van der Waals surface area contributed by atoms with Crippen LogP contribution in [0.15, 0.2) is 71.6 Å². The van der Waals surface area contributed by atoms with Crippen LogP contribution in [0.5, 0.6) is 0 Å². The maximum absolute atomic E-state index is 13.5. The normalized spacial score (nSPS) is 14.5. The van der Waals surface area contributed by atoms with Crippen LogP contribution in [-0.4, -0.2) is 44.3 Å². The second-order valence-electron chi connectivity index (χ2n) is 9.39. The molecule has 7 nitrogen and oxygen atoms in total. The monoisotopic (exact) mass is 521 g/mol. The molecule has 0 fully saturated rings. The number of amides is 2. The van der Waals surface area contributed by atoms with E-state index in [1.807, 2.05) is 61.5 Å². The van der Waals surface area contributed by atoms with E-state index in [0.29, 0.717) is 36.5 Å². The second-order valence-corrected chi connectivity index (χ2v) is 11.2. The third-order valence-electron chi connectivity index (χ3n) is 6.84. The lowest BCUT2D eigenvalue weighted by Crippen LogP contribution is -2.49. The highest BCUT2D eigenvalue weighted by molar-refractivity contribution is 7.93. The molecule has 0 aromatic heterocycles. The fraction of sp³-hybridized carbons (Fsp3) is 0.379. The molecule has 0 spiro atoms. The van der Waals surface area contributed by atoms with Crippen LogP contribution in [0.1, 0.15) is 51.5 Å². The van der Waals surface area contributed by atoms with Crippen LogP contribution in [0.25, 0.3) is 10.8 Å². The van der Waals surface area contributed by atoms with Gasteiger partial charge in [-0.25, -0.2) is 8.42 Å². The van der Waals surface area contributed by atoms with Gasteiger partial charge in [-0.05, 0) is 42.3 Å². The fourth-order valence-electron chi connectivity index (χ4n) is 4.92. The van der Waals surface area contributed by atoms with Gasteiger partial charge in [0, 0.05) is 31.4 Å². The topological polar surface area (TPSA) is 86.8 Å². The van der Waals surface area contributed by atoms with Crippen molar-refractivity contribution in [2.75, 3.05) is 17.4 Å². The Morgan fingerprint density at radius 3 is 2.38 bits per heavy atom. The van der Waals surface area contributed by atoms with Gasteiger partial charge >= 0.3 is 0 Å². The summed E-state index contributed by atoms with van der Waals surface area (Å²) in [5, 5.41) is 4.58. The number of carbonyl (C=O) groups is 2. The van der Waals surface area contributed by atoms with Gasteiger partial charge in [0.25, 0.3) is 10.0 Å². The molecule has 1 aliphatic heterocycles. The van der Waals surface area contributed by atoms with Gasteiger partial charge in [-0.15, -0.1) is 0 Å². The first kappa shape index (κ1) is 26.7. The summed E-state index contributed by atoms with van der Waals surface area (Å²) in [6.45, 7) is 5.07. The minimum absolute atomic E-state index is 0.143. The summed E-state index contributed by atoms with van der Waals surface area (Å²) in [5.74, 6) is -0.307. The molecule has 0 aliphatic carbocycles. The van der Waals surface area contributed by atoms with Gasteiger partial charge in [-0.1, -0.05) is 74.9 Å². The predicted octanol–water partition coefficient (Wildman–Crippen LogP) is 4.85. The molecule has 1 atom stereocenters. The highest BCUT2D eigenvalue weighted by Gasteiger charge is 2.35. The lowest BCUT2D eigenvalue weighted by Gasteiger charge is -2.31. The Balaban J connectivity index is 1.49. The molecular formula is C29H35N3O4S. The molecule has 0 saturated carbocycles. The minimum atomic E-state index is -3.67. The lowest BCUT2D eigenvalue weighted by molar-refractivity contribution is -0.141. The van der Waals surface area contributed by atoms with Crippen molar-refractivity contribution in [3.63, 3.8) is 0 Å². The minimum Gasteiger partial charge on any atom is -0.354 e. The second kappa shape index (κ2) is 11.8. The summed E-state index contributed by atoms with van der Waals surface area (Å²) >= 11 is 0. The van der Waals surface area contributed by atoms with Gasteiger partial charge in [-0.2, -0.15) is 0 Å². The van der Waals surface area contributed by atoms with Gasteiger partial charge in [0.2, 0.25) is 11.8 Å². The van der Waals surface area contributed by atoms with E-state index in [0.717, 1.165) is 29.2 Å². The quantitative estimate of drug-likeness (QED) is 0.345. The van der Waals surface area contributed by atoms with Crippen LogP contribution in [-0.2, 0) is 26.2 Å². The van der Waals surface area contributed by atoms with Crippen LogP contribution < -0.4 is 9.62 Å². The molecule has 4 rings (SSSR count). The number of rotatable bonds is 12. The van der Waals surface area contributed by atoms with Crippen molar-refractivity contribution in [1.82, 2.24) is 10.2 Å². The Morgan fingerprint density at radius 1 is 0.946 bits per heavy atom. The maximum Gasteiger partial charge on any atom is 0.265 e. The molecule has 3 aromatic carbocycles. The number of benzene rings is 3. The molecule has 37 heavy (non-hydrogen) atoms. The molecule has 0 saturated heterocycles. The summed E-state index contributed by atoms with van der Waals surface area (Å²) in [7, 11) is -3.67. The molecule has 3 aromatic rings. The Kier molecular flexibility index (Phi) is 8.48. The van der Waals surface area contributed by atoms with Crippen LogP contribution in [0.2, 0.25) is 0 Å². The summed E-state index contributed by atoms with van der Waals surface area (Å²) in [4.78, 5) is 28.5. The molecule has 1 N–H and O–H groups in total. The summed E-state index contributed by atoms with van der Waals surface area (Å²) in [6.07, 6.45) is 2.84. The molecule has 0 bridgehead atoms. The van der Waals surface area contributed by atoms with Crippen LogP contribution in [0, 0.1) is 0 Å². The highest BCUT2D eigenvalue weighted by Crippen LogP contribution is 2.42. The Labute approximate surface area is 219 Å². The summed E-state index contributed by atoms with van der Waals surface area (Å²) in [6, 6.07) is 19.9. The average Bonchev–Trinajstić information content (AvgIpc) is 3.12. The molecule has 1 unspecified atom stereocenters. The standard InChI is InChI=1S/C29H35N3O4S/c1-3-5-19-30-29(34)24(4-2)31(21-22-12-7-6-8-13-22)27(33)18-11-20-32-25-16-9-14-23-15-10-17-26(28(23)25)37(32,35)36/h6-10,12-17,24H,3-5,11,18-21H2,1-2H3,(H,30,34). The van der Waals surface area contributed by atoms with Crippen molar-refractivity contribution in [3.8, 4) is 0 Å². The van der Waals surface area contributed by atoms with Crippen molar-refractivity contribution >= 4 is 38.3 Å². The largest absolute Gasteiger partial charge is 0.354 e. The van der Waals surface area contributed by atoms with E-state index < -0.39 is 16.1 Å². The van der Waals surface area contributed by atoms with E-state index >= 15 is 0 Å². The van der Waals surface area contributed by atoms with E-state index in [1.54, 1.807) is 17.0 Å². The zero-order valence-electron chi connectivity index (χ0n) is 21.5. The van der Waals surface area contributed by atoms with E-state index in [4.69, 9.17) is 0 Å². The zero-order chi connectivity index (χ0) is 26.4. The fourth-order valence-corrected chi connectivity index (χ4v) is 6.67. The Bertz CT molecular complexity index is 1350. The van der Waals surface area contributed by atoms with Crippen LogP contribution in [0.3, 0.4) is 0 Å². The summed E-state index contributed by atoms with van der Waals surface area (Å²) < 4.78 is 27.9. The lowest BCUT2D eigenvalue weighted by atomic mass is 10.1. The number of hydrogen-bond acceptors (Lipinski definition) is 4. The van der Waals surface area contributed by atoms with Gasteiger partial charge in [0.1, 0.15) is 6.04 Å². The molecule has 2 amide bonds. The number of sulfonamides is 1. The molecule has 0 radical (unpaired) electrons. The van der Waals surface area contributed by atoms with Crippen molar-refractivity contribution in [3.05, 3.63) is 72.3 Å². The highest BCUT2D eigenvalue weighted by atomic mass is 32.2. The number of unbranched alkanes of at least 4 members (excludes halogenated alkanes) is 1. The molecule has 8 heteroatoms. The number of nitrogens with zero attached hydrogens (tertiary/aromatic N) is 2. The third-order valence-corrected chi connectivity index (χ3v) is 8.70. The van der Waals surface area contributed by atoms with Gasteiger partial charge in [0.15, 0.2) is 0 Å². The Morgan fingerprint density at radius 2 is 1.68 bits per heavy atom. The first-order chi connectivity index (χ1) is 17.9. The van der Waals surface area contributed by atoms with Gasteiger partial charge in [0.05, 0.1) is 10.6 Å². The number of hydrogen-bond donors (Lipinski definition) is 1. The van der Waals surface area contributed by atoms with E-state index in [1.165, 1.54) is 4.31 Å². The number of anilines is 1. The Hall–Kier alpha value is -3.39. The van der Waals surface area contributed by atoms with Crippen LogP contribution >= 0.6 is 0 Å². The van der Waals surface area contributed by atoms with E-state index in [2.05, 4.69) is 12.2 Å². The van der Waals surface area contributed by atoms with Crippen molar-refractivity contribution in [2.45, 2.75) is 63.4 Å². The average molecular weight is 522 g/mol. The van der Waals surface area contributed by atoms with Crippen LogP contribution in [0.4, 0.5) is 5.69 Å².